The lowest BCUT2D eigenvalue weighted by molar-refractivity contribution is -0.385. The van der Waals surface area contributed by atoms with Gasteiger partial charge in [-0.3, -0.25) is 29.4 Å². The number of aryl methyl sites for hydroxylation is 1. The van der Waals surface area contributed by atoms with Gasteiger partial charge in [0, 0.05) is 16.8 Å². The second kappa shape index (κ2) is 7.74. The number of fused-ring (bicyclic) bond motifs is 1. The predicted octanol–water partition coefficient (Wildman–Crippen LogP) is 4.45. The molecule has 3 aromatic carbocycles. The van der Waals surface area contributed by atoms with Gasteiger partial charge >= 0.3 is 0 Å². The fourth-order valence-electron chi connectivity index (χ4n) is 4.43. The van der Waals surface area contributed by atoms with E-state index in [0.29, 0.717) is 16.3 Å². The van der Waals surface area contributed by atoms with Crippen LogP contribution < -0.4 is 4.90 Å². The van der Waals surface area contributed by atoms with E-state index in [4.69, 9.17) is 11.6 Å². The van der Waals surface area contributed by atoms with Crippen molar-refractivity contribution in [2.45, 2.75) is 19.0 Å². The maximum atomic E-state index is 13.6. The first-order chi connectivity index (χ1) is 16.2. The molecule has 2 aliphatic heterocycles. The zero-order valence-corrected chi connectivity index (χ0v) is 18.3. The van der Waals surface area contributed by atoms with Crippen molar-refractivity contribution in [3.8, 4) is 0 Å². The van der Waals surface area contributed by atoms with Gasteiger partial charge in [-0.1, -0.05) is 35.9 Å². The second-order valence-corrected chi connectivity index (χ2v) is 8.43. The number of hydrogen-bond acceptors (Lipinski definition) is 5. The minimum atomic E-state index is -1.27. The highest BCUT2D eigenvalue weighted by Crippen LogP contribution is 2.45. The van der Waals surface area contributed by atoms with Crippen molar-refractivity contribution in [3.05, 3.63) is 104 Å². The Hall–Kier alpha value is -4.11. The molecule has 0 aromatic heterocycles. The average molecular weight is 480 g/mol. The molecule has 0 N–H and O–H groups in total. The van der Waals surface area contributed by atoms with E-state index in [1.54, 1.807) is 25.1 Å². The number of amides is 3. The van der Waals surface area contributed by atoms with E-state index in [1.165, 1.54) is 41.3 Å². The van der Waals surface area contributed by atoms with Crippen molar-refractivity contribution >= 4 is 40.7 Å². The Kier molecular flexibility index (Phi) is 4.94. The molecule has 10 heteroatoms. The molecule has 3 aromatic rings. The number of rotatable bonds is 4. The van der Waals surface area contributed by atoms with Crippen molar-refractivity contribution in [1.29, 1.82) is 0 Å². The van der Waals surface area contributed by atoms with Crippen molar-refractivity contribution in [1.82, 2.24) is 4.90 Å². The maximum Gasteiger partial charge on any atom is 0.282 e. The Labute approximate surface area is 197 Å². The molecule has 5 rings (SSSR count). The highest BCUT2D eigenvalue weighted by atomic mass is 35.5. The summed E-state index contributed by atoms with van der Waals surface area (Å²) >= 11 is 6.25. The van der Waals surface area contributed by atoms with Gasteiger partial charge in [-0.05, 0) is 48.4 Å². The normalized spacial score (nSPS) is 19.3. The van der Waals surface area contributed by atoms with Gasteiger partial charge in [0.1, 0.15) is 17.4 Å². The van der Waals surface area contributed by atoms with Crippen LogP contribution in [0.25, 0.3) is 0 Å². The van der Waals surface area contributed by atoms with E-state index in [0.717, 1.165) is 16.5 Å². The molecule has 0 spiro atoms. The molecule has 34 heavy (non-hydrogen) atoms. The van der Waals surface area contributed by atoms with Gasteiger partial charge in [0.05, 0.1) is 16.5 Å². The molecule has 2 heterocycles. The van der Waals surface area contributed by atoms with E-state index >= 15 is 0 Å². The summed E-state index contributed by atoms with van der Waals surface area (Å²) < 4.78 is 13.6. The zero-order valence-electron chi connectivity index (χ0n) is 17.6. The Bertz CT molecular complexity index is 1410. The van der Waals surface area contributed by atoms with E-state index in [1.807, 2.05) is 0 Å². The Morgan fingerprint density at radius 1 is 0.941 bits per heavy atom. The Morgan fingerprint density at radius 2 is 1.65 bits per heavy atom. The van der Waals surface area contributed by atoms with Gasteiger partial charge in [0.25, 0.3) is 23.4 Å². The van der Waals surface area contributed by atoms with Crippen molar-refractivity contribution in [2.24, 2.45) is 0 Å². The van der Waals surface area contributed by atoms with Gasteiger partial charge in [0.15, 0.2) is 0 Å². The molecule has 0 aliphatic carbocycles. The lowest BCUT2D eigenvalue weighted by Gasteiger charge is -2.49. The number of benzene rings is 3. The summed E-state index contributed by atoms with van der Waals surface area (Å²) in [6.45, 7) is 1.80. The van der Waals surface area contributed by atoms with Crippen LogP contribution >= 0.6 is 11.6 Å². The molecule has 3 amide bonds. The molecule has 0 radical (unpaired) electrons. The average Bonchev–Trinajstić information content (AvgIpc) is 3.05. The number of carbonyl (C=O) groups excluding carboxylic acids is 3. The van der Waals surface area contributed by atoms with Gasteiger partial charge in [0.2, 0.25) is 0 Å². The van der Waals surface area contributed by atoms with Crippen LogP contribution in [0, 0.1) is 22.9 Å². The summed E-state index contributed by atoms with van der Waals surface area (Å²) in [5.41, 5.74) is 0.718. The Balaban J connectivity index is 1.61. The smallest absolute Gasteiger partial charge is 0.282 e. The third-order valence-electron chi connectivity index (χ3n) is 6.11. The summed E-state index contributed by atoms with van der Waals surface area (Å²) in [5.74, 6) is -2.77. The number of hydrogen-bond donors (Lipinski definition) is 0. The largest absolute Gasteiger partial charge is 0.300 e. The Morgan fingerprint density at radius 3 is 2.29 bits per heavy atom. The molecular formula is C24H15ClFN3O5. The van der Waals surface area contributed by atoms with Crippen LogP contribution in [-0.2, 0) is 4.79 Å². The van der Waals surface area contributed by atoms with Crippen molar-refractivity contribution < 1.29 is 23.7 Å². The van der Waals surface area contributed by atoms with Crippen LogP contribution in [0.3, 0.4) is 0 Å². The summed E-state index contributed by atoms with van der Waals surface area (Å²) in [6.07, 6.45) is 0. The first-order valence-electron chi connectivity index (χ1n) is 10.2. The van der Waals surface area contributed by atoms with Crippen molar-refractivity contribution in [3.63, 3.8) is 0 Å². The van der Waals surface area contributed by atoms with Gasteiger partial charge in [-0.15, -0.1) is 0 Å². The molecule has 2 atom stereocenters. The number of nitro groups is 1. The minimum Gasteiger partial charge on any atom is -0.300 e. The van der Waals surface area contributed by atoms with Crippen LogP contribution in [-0.4, -0.2) is 33.6 Å². The lowest BCUT2D eigenvalue weighted by atomic mass is 9.86. The highest BCUT2D eigenvalue weighted by molar-refractivity contribution is 6.32. The molecule has 2 aliphatic rings. The molecule has 1 saturated heterocycles. The molecule has 8 nitrogen and oxygen atoms in total. The number of nitrogens with zero attached hydrogens (tertiary/aromatic N) is 3. The maximum absolute atomic E-state index is 13.6. The number of anilines is 1. The van der Waals surface area contributed by atoms with Crippen LogP contribution in [0.15, 0.2) is 60.7 Å². The number of carbonyl (C=O) groups is 3. The molecule has 1 fully saturated rings. The summed E-state index contributed by atoms with van der Waals surface area (Å²) in [4.78, 5) is 52.6. The first-order valence-corrected chi connectivity index (χ1v) is 10.6. The van der Waals surface area contributed by atoms with Crippen LogP contribution in [0.4, 0.5) is 15.8 Å². The number of halogens is 2. The van der Waals surface area contributed by atoms with E-state index < -0.39 is 46.2 Å². The molecule has 0 bridgehead atoms. The van der Waals surface area contributed by atoms with E-state index in [2.05, 4.69) is 0 Å². The summed E-state index contributed by atoms with van der Waals surface area (Å²) in [5, 5.41) is 11.9. The third kappa shape index (κ3) is 3.08. The lowest BCUT2D eigenvalue weighted by Crippen LogP contribution is -2.67. The highest BCUT2D eigenvalue weighted by Gasteiger charge is 2.58. The van der Waals surface area contributed by atoms with Crippen LogP contribution in [0.1, 0.15) is 37.9 Å². The van der Waals surface area contributed by atoms with Crippen molar-refractivity contribution in [2.75, 3.05) is 4.90 Å². The fraction of sp³-hybridized carbons (Fsp3) is 0.125. The van der Waals surface area contributed by atoms with Gasteiger partial charge in [-0.2, -0.15) is 0 Å². The SMILES string of the molecule is Cc1ccc(N2C(=O)[C@H](N3C(=O)c4cccc([N+](=O)[O-])c4C3=O)[C@H]2c2ccc(F)cc2)cc1Cl. The van der Waals surface area contributed by atoms with Crippen LogP contribution in [0.5, 0.6) is 0 Å². The zero-order chi connectivity index (χ0) is 24.3. The van der Waals surface area contributed by atoms with E-state index in [9.17, 15) is 28.9 Å². The molecular weight excluding hydrogens is 465 g/mol. The van der Waals surface area contributed by atoms with E-state index in [-0.39, 0.29) is 11.1 Å². The van der Waals surface area contributed by atoms with Gasteiger partial charge < -0.3 is 4.90 Å². The number of nitro benzene ring substituents is 1. The van der Waals surface area contributed by atoms with Gasteiger partial charge in [-0.25, -0.2) is 4.39 Å². The van der Waals surface area contributed by atoms with Crippen LogP contribution in [0.2, 0.25) is 5.02 Å². The molecule has 170 valence electrons. The second-order valence-electron chi connectivity index (χ2n) is 8.02. The topological polar surface area (TPSA) is 101 Å². The monoisotopic (exact) mass is 479 g/mol. The summed E-state index contributed by atoms with van der Waals surface area (Å²) in [6, 6.07) is 12.0. The number of imide groups is 1. The first kappa shape index (κ1) is 21.7. The number of β-lactam (4-membered cyclic amide) rings is 1. The quantitative estimate of drug-likeness (QED) is 0.238. The third-order valence-corrected chi connectivity index (χ3v) is 6.52. The molecule has 0 unspecified atom stereocenters. The minimum absolute atomic E-state index is 0.137. The fourth-order valence-corrected chi connectivity index (χ4v) is 4.60. The molecule has 0 saturated carbocycles. The predicted molar refractivity (Wildman–Crippen MR) is 120 cm³/mol. The summed E-state index contributed by atoms with van der Waals surface area (Å²) in [7, 11) is 0. The standard InChI is InChI=1S/C24H15ClFN3O5/c1-12-5-10-15(11-17(12)25)27-20(13-6-8-14(26)9-7-13)21(24(27)32)28-22(30)16-3-2-4-18(29(33)34)19(16)23(28)31/h2-11,20-21H,1H3/t20-,21-/m1/s1.